The number of nitrogens with zero attached hydrogens (tertiary/aromatic N) is 1. The van der Waals surface area contributed by atoms with Crippen LogP contribution < -0.4 is 5.43 Å². The van der Waals surface area contributed by atoms with Gasteiger partial charge in [-0.1, -0.05) is 29.8 Å². The number of aryl methyl sites for hydroxylation is 1. The molecule has 0 aliphatic heterocycles. The van der Waals surface area contributed by atoms with Crippen LogP contribution in [0.3, 0.4) is 0 Å². The summed E-state index contributed by atoms with van der Waals surface area (Å²) < 4.78 is 12.7. The van der Waals surface area contributed by atoms with E-state index in [0.717, 1.165) is 10.5 Å². The molecule has 22 heavy (non-hydrogen) atoms. The van der Waals surface area contributed by atoms with E-state index in [2.05, 4.69) is 22.7 Å². The fraction of sp³-hybridized carbons (Fsp3) is 0.176. The first-order valence-corrected chi connectivity index (χ1v) is 7.89. The van der Waals surface area contributed by atoms with Crippen molar-refractivity contribution in [1.29, 1.82) is 0 Å². The second-order valence-corrected chi connectivity index (χ2v) is 5.92. The van der Waals surface area contributed by atoms with Gasteiger partial charge >= 0.3 is 0 Å². The van der Waals surface area contributed by atoms with Crippen LogP contribution in [0.25, 0.3) is 0 Å². The van der Waals surface area contributed by atoms with Gasteiger partial charge in [-0.25, -0.2) is 9.82 Å². The number of amides is 1. The third-order valence-electron chi connectivity index (χ3n) is 2.89. The van der Waals surface area contributed by atoms with Crippen LogP contribution in [0.4, 0.5) is 4.39 Å². The largest absolute Gasteiger partial charge is 0.273 e. The smallest absolute Gasteiger partial charge is 0.240 e. The van der Waals surface area contributed by atoms with Crippen LogP contribution in [-0.4, -0.2) is 17.9 Å². The van der Waals surface area contributed by atoms with Crippen molar-refractivity contribution in [1.82, 2.24) is 5.43 Å². The SMILES string of the molecule is Cc1ccc(SCCC(=O)N/N=C\c2ccc(F)cc2)cc1. The normalized spacial score (nSPS) is 10.8. The van der Waals surface area contributed by atoms with Gasteiger partial charge in [0.05, 0.1) is 6.21 Å². The first-order valence-electron chi connectivity index (χ1n) is 6.90. The Kier molecular flexibility index (Phi) is 6.15. The van der Waals surface area contributed by atoms with Gasteiger partial charge in [0.1, 0.15) is 5.82 Å². The molecule has 0 aromatic heterocycles. The van der Waals surface area contributed by atoms with Crippen LogP contribution in [0.15, 0.2) is 58.5 Å². The zero-order valence-electron chi connectivity index (χ0n) is 12.3. The van der Waals surface area contributed by atoms with Crippen molar-refractivity contribution >= 4 is 23.9 Å². The summed E-state index contributed by atoms with van der Waals surface area (Å²) >= 11 is 1.63. The summed E-state index contributed by atoms with van der Waals surface area (Å²) in [5.74, 6) is 0.258. The van der Waals surface area contributed by atoms with E-state index in [1.165, 1.54) is 23.9 Å². The molecule has 0 atom stereocenters. The Morgan fingerprint density at radius 1 is 1.18 bits per heavy atom. The van der Waals surface area contributed by atoms with Gasteiger partial charge in [-0.2, -0.15) is 5.10 Å². The molecule has 3 nitrogen and oxygen atoms in total. The van der Waals surface area contributed by atoms with Gasteiger partial charge in [-0.3, -0.25) is 4.79 Å². The molecule has 0 fully saturated rings. The van der Waals surface area contributed by atoms with E-state index in [4.69, 9.17) is 0 Å². The molecule has 0 bridgehead atoms. The molecule has 0 saturated carbocycles. The molecule has 0 aliphatic rings. The molecule has 0 radical (unpaired) electrons. The number of rotatable bonds is 6. The number of nitrogens with one attached hydrogen (secondary N) is 1. The van der Waals surface area contributed by atoms with Gasteiger partial charge in [0.15, 0.2) is 0 Å². The predicted molar refractivity (Wildman–Crippen MR) is 88.7 cm³/mol. The highest BCUT2D eigenvalue weighted by Gasteiger charge is 2.00. The van der Waals surface area contributed by atoms with Crippen molar-refractivity contribution in [3.8, 4) is 0 Å². The highest BCUT2D eigenvalue weighted by Crippen LogP contribution is 2.18. The Morgan fingerprint density at radius 2 is 1.86 bits per heavy atom. The number of thioether (sulfide) groups is 1. The van der Waals surface area contributed by atoms with Gasteiger partial charge in [0.2, 0.25) is 5.91 Å². The molecule has 114 valence electrons. The number of hydrogen-bond acceptors (Lipinski definition) is 3. The summed E-state index contributed by atoms with van der Waals surface area (Å²) in [6.07, 6.45) is 1.88. The standard InChI is InChI=1S/C17H17FN2OS/c1-13-2-8-16(9-3-13)22-11-10-17(21)20-19-12-14-4-6-15(18)7-5-14/h2-9,12H,10-11H2,1H3,(H,20,21)/b19-12-. The molecule has 2 aromatic rings. The van der Waals surface area contributed by atoms with Crippen molar-refractivity contribution in [2.75, 3.05) is 5.75 Å². The number of carbonyl (C=O) groups excluding carboxylic acids is 1. The van der Waals surface area contributed by atoms with Crippen LogP contribution in [0.5, 0.6) is 0 Å². The second kappa shape index (κ2) is 8.34. The first-order chi connectivity index (χ1) is 10.6. The quantitative estimate of drug-likeness (QED) is 0.501. The number of carbonyl (C=O) groups is 1. The van der Waals surface area contributed by atoms with E-state index >= 15 is 0 Å². The van der Waals surface area contributed by atoms with E-state index in [-0.39, 0.29) is 11.7 Å². The minimum Gasteiger partial charge on any atom is -0.273 e. The lowest BCUT2D eigenvalue weighted by molar-refractivity contribution is -0.120. The molecular weight excluding hydrogens is 299 g/mol. The maximum atomic E-state index is 12.7. The summed E-state index contributed by atoms with van der Waals surface area (Å²) in [6.45, 7) is 2.04. The van der Waals surface area contributed by atoms with Gasteiger partial charge in [-0.05, 0) is 36.8 Å². The zero-order valence-corrected chi connectivity index (χ0v) is 13.1. The third-order valence-corrected chi connectivity index (χ3v) is 3.91. The van der Waals surface area contributed by atoms with Crippen LogP contribution in [0.2, 0.25) is 0 Å². The Morgan fingerprint density at radius 3 is 2.55 bits per heavy atom. The van der Waals surface area contributed by atoms with Crippen molar-refractivity contribution in [2.24, 2.45) is 5.10 Å². The average Bonchev–Trinajstić information content (AvgIpc) is 2.51. The fourth-order valence-corrected chi connectivity index (χ4v) is 2.53. The fourth-order valence-electron chi connectivity index (χ4n) is 1.68. The topological polar surface area (TPSA) is 41.5 Å². The van der Waals surface area contributed by atoms with Gasteiger partial charge in [0.25, 0.3) is 0 Å². The van der Waals surface area contributed by atoms with E-state index < -0.39 is 0 Å². The number of hydrazone groups is 1. The maximum Gasteiger partial charge on any atom is 0.240 e. The Hall–Kier alpha value is -2.14. The highest BCUT2D eigenvalue weighted by molar-refractivity contribution is 7.99. The molecule has 0 unspecified atom stereocenters. The predicted octanol–water partition coefficient (Wildman–Crippen LogP) is 3.77. The lowest BCUT2D eigenvalue weighted by Gasteiger charge is -2.02. The van der Waals surface area contributed by atoms with Crippen molar-refractivity contribution in [3.63, 3.8) is 0 Å². The molecule has 1 N–H and O–H groups in total. The lowest BCUT2D eigenvalue weighted by Crippen LogP contribution is -2.17. The molecule has 0 saturated heterocycles. The van der Waals surface area contributed by atoms with Crippen molar-refractivity contribution in [3.05, 3.63) is 65.5 Å². The van der Waals surface area contributed by atoms with E-state index in [1.54, 1.807) is 23.9 Å². The molecule has 2 rings (SSSR count). The molecular formula is C17H17FN2OS. The minimum absolute atomic E-state index is 0.141. The van der Waals surface area contributed by atoms with Crippen LogP contribution in [0.1, 0.15) is 17.5 Å². The lowest BCUT2D eigenvalue weighted by atomic mass is 10.2. The van der Waals surface area contributed by atoms with Gasteiger partial charge in [-0.15, -0.1) is 11.8 Å². The molecule has 2 aromatic carbocycles. The summed E-state index contributed by atoms with van der Waals surface area (Å²) in [6, 6.07) is 14.1. The minimum atomic E-state index is -0.297. The van der Waals surface area contributed by atoms with Crippen LogP contribution in [-0.2, 0) is 4.79 Å². The van der Waals surface area contributed by atoms with E-state index in [9.17, 15) is 9.18 Å². The Bertz CT molecular complexity index is 639. The molecule has 0 spiro atoms. The Balaban J connectivity index is 1.69. The van der Waals surface area contributed by atoms with Crippen molar-refractivity contribution < 1.29 is 9.18 Å². The van der Waals surface area contributed by atoms with Crippen LogP contribution >= 0.6 is 11.8 Å². The number of halogens is 1. The molecule has 0 heterocycles. The second-order valence-electron chi connectivity index (χ2n) is 4.76. The maximum absolute atomic E-state index is 12.7. The van der Waals surface area contributed by atoms with Crippen molar-refractivity contribution in [2.45, 2.75) is 18.2 Å². The van der Waals surface area contributed by atoms with E-state index in [0.29, 0.717) is 12.2 Å². The zero-order chi connectivity index (χ0) is 15.8. The third kappa shape index (κ3) is 5.69. The summed E-state index contributed by atoms with van der Waals surface area (Å²) in [5.41, 5.74) is 4.42. The van der Waals surface area contributed by atoms with E-state index in [1.807, 2.05) is 19.1 Å². The average molecular weight is 316 g/mol. The summed E-state index contributed by atoms with van der Waals surface area (Å²) in [5, 5.41) is 3.85. The van der Waals surface area contributed by atoms with Gasteiger partial charge < -0.3 is 0 Å². The molecule has 5 heteroatoms. The first kappa shape index (κ1) is 16.2. The van der Waals surface area contributed by atoms with Gasteiger partial charge in [0, 0.05) is 17.1 Å². The monoisotopic (exact) mass is 316 g/mol. The summed E-state index contributed by atoms with van der Waals surface area (Å²) in [4.78, 5) is 12.8. The highest BCUT2D eigenvalue weighted by atomic mass is 32.2. The summed E-state index contributed by atoms with van der Waals surface area (Å²) in [7, 11) is 0. The number of benzene rings is 2. The Labute approximate surface area is 133 Å². The molecule has 0 aliphatic carbocycles. The number of hydrogen-bond donors (Lipinski definition) is 1. The molecule has 1 amide bonds. The van der Waals surface area contributed by atoms with Crippen LogP contribution in [0, 0.1) is 12.7 Å².